The van der Waals surface area contributed by atoms with Crippen LogP contribution in [0.3, 0.4) is 0 Å². The van der Waals surface area contributed by atoms with Crippen molar-refractivity contribution < 1.29 is 49.3 Å². The van der Waals surface area contributed by atoms with E-state index in [1.54, 1.807) is 0 Å². The summed E-state index contributed by atoms with van der Waals surface area (Å²) in [6, 6.07) is 2.66. The molecule has 10 heteroatoms. The first-order valence-electron chi connectivity index (χ1n) is 7.15. The number of carbonyl (C=O) groups excluding carboxylic acids is 1. The minimum absolute atomic E-state index is 0.0867. The van der Waals surface area contributed by atoms with Crippen molar-refractivity contribution in [2.24, 2.45) is 0 Å². The van der Waals surface area contributed by atoms with Crippen LogP contribution < -0.4 is 18.9 Å². The lowest BCUT2D eigenvalue weighted by Crippen LogP contribution is -2.49. The Morgan fingerprint density at radius 3 is 1.76 bits per heavy atom. The van der Waals surface area contributed by atoms with Crippen molar-refractivity contribution in [1.29, 1.82) is 0 Å². The van der Waals surface area contributed by atoms with Gasteiger partial charge in [-0.1, -0.05) is 0 Å². The number of rotatable bonds is 9. The maximum absolute atomic E-state index is 12.0. The normalized spacial score (nSPS) is 15.7. The van der Waals surface area contributed by atoms with Crippen molar-refractivity contribution in [3.63, 3.8) is 0 Å². The zero-order valence-corrected chi connectivity index (χ0v) is 13.9. The molecule has 0 amide bonds. The maximum atomic E-state index is 12.0. The standard InChI is InChI=1S/C15H22O10/c1-22-8-4-10(24-3)11(5-9(8)23-2)25-15(21)14(20)13(19)12(18)7(17)6-16/h4-5,7,12-14,16-20H,6H2,1-3H3/t7-,12-,13+,14-/m1/s1. The molecular formula is C15H22O10. The van der Waals surface area contributed by atoms with Gasteiger partial charge in [-0.3, -0.25) is 0 Å². The Morgan fingerprint density at radius 1 is 0.880 bits per heavy atom. The lowest BCUT2D eigenvalue weighted by molar-refractivity contribution is -0.161. The second kappa shape index (κ2) is 9.39. The Morgan fingerprint density at radius 2 is 1.32 bits per heavy atom. The molecule has 0 aliphatic carbocycles. The summed E-state index contributed by atoms with van der Waals surface area (Å²) < 4.78 is 20.2. The number of carbonyl (C=O) groups is 1. The summed E-state index contributed by atoms with van der Waals surface area (Å²) in [7, 11) is 4.07. The van der Waals surface area contributed by atoms with Gasteiger partial charge in [-0.2, -0.15) is 0 Å². The Labute approximate surface area is 143 Å². The molecule has 0 aliphatic rings. The average molecular weight is 362 g/mol. The Balaban J connectivity index is 2.98. The third-order valence-corrected chi connectivity index (χ3v) is 3.38. The third kappa shape index (κ3) is 4.94. The van der Waals surface area contributed by atoms with Crippen LogP contribution >= 0.6 is 0 Å². The summed E-state index contributed by atoms with van der Waals surface area (Å²) in [6.45, 7) is -0.872. The van der Waals surface area contributed by atoms with E-state index in [0.29, 0.717) is 5.75 Å². The molecule has 0 heterocycles. The van der Waals surface area contributed by atoms with Crippen LogP contribution in [0.15, 0.2) is 12.1 Å². The van der Waals surface area contributed by atoms with Crippen molar-refractivity contribution in [3.05, 3.63) is 12.1 Å². The largest absolute Gasteiger partial charge is 0.493 e. The molecule has 0 fully saturated rings. The van der Waals surface area contributed by atoms with Gasteiger partial charge in [0.1, 0.15) is 18.3 Å². The maximum Gasteiger partial charge on any atom is 0.343 e. The summed E-state index contributed by atoms with van der Waals surface area (Å²) in [6.07, 6.45) is -7.97. The summed E-state index contributed by atoms with van der Waals surface area (Å²) in [5.41, 5.74) is 0. The number of aliphatic hydroxyl groups excluding tert-OH is 5. The monoisotopic (exact) mass is 362 g/mol. The highest BCUT2D eigenvalue weighted by Crippen LogP contribution is 2.39. The predicted octanol–water partition coefficient (Wildman–Crippen LogP) is -1.95. The molecule has 0 spiro atoms. The van der Waals surface area contributed by atoms with E-state index in [9.17, 15) is 25.2 Å². The van der Waals surface area contributed by atoms with Crippen molar-refractivity contribution >= 4 is 5.97 Å². The van der Waals surface area contributed by atoms with Crippen LogP contribution in [0.1, 0.15) is 0 Å². The first-order valence-corrected chi connectivity index (χ1v) is 7.15. The molecule has 0 bridgehead atoms. The van der Waals surface area contributed by atoms with Crippen molar-refractivity contribution in [3.8, 4) is 23.0 Å². The van der Waals surface area contributed by atoms with E-state index >= 15 is 0 Å². The predicted molar refractivity (Wildman–Crippen MR) is 82.8 cm³/mol. The fourth-order valence-electron chi connectivity index (χ4n) is 1.91. The van der Waals surface area contributed by atoms with Crippen LogP contribution in [0.2, 0.25) is 0 Å². The molecule has 0 aromatic heterocycles. The molecule has 10 nitrogen and oxygen atoms in total. The Bertz CT molecular complexity index is 576. The molecule has 25 heavy (non-hydrogen) atoms. The number of hydrogen-bond acceptors (Lipinski definition) is 10. The second-order valence-electron chi connectivity index (χ2n) is 4.96. The van der Waals surface area contributed by atoms with Crippen molar-refractivity contribution in [2.45, 2.75) is 24.4 Å². The van der Waals surface area contributed by atoms with E-state index in [0.717, 1.165) is 0 Å². The molecule has 5 N–H and O–H groups in total. The van der Waals surface area contributed by atoms with Crippen LogP contribution in [0.4, 0.5) is 0 Å². The molecule has 0 unspecified atom stereocenters. The van der Waals surface area contributed by atoms with Crippen LogP contribution in [0.25, 0.3) is 0 Å². The molecule has 0 saturated heterocycles. The SMILES string of the molecule is COc1cc(OC)c(OC(=O)[C@H](O)[C@@H](O)[C@H](O)[C@H](O)CO)cc1OC. The summed E-state index contributed by atoms with van der Waals surface area (Å²) in [4.78, 5) is 12.0. The summed E-state index contributed by atoms with van der Waals surface area (Å²) in [5.74, 6) is -0.836. The van der Waals surface area contributed by atoms with Gasteiger partial charge in [0.05, 0.1) is 27.9 Å². The molecule has 0 aliphatic heterocycles. The van der Waals surface area contributed by atoms with Crippen molar-refractivity contribution in [2.75, 3.05) is 27.9 Å². The van der Waals surface area contributed by atoms with Crippen LogP contribution in [0.5, 0.6) is 23.0 Å². The second-order valence-corrected chi connectivity index (χ2v) is 4.96. The van der Waals surface area contributed by atoms with Crippen LogP contribution in [-0.4, -0.2) is 83.9 Å². The van der Waals surface area contributed by atoms with Gasteiger partial charge < -0.3 is 44.5 Å². The molecule has 0 radical (unpaired) electrons. The number of ether oxygens (including phenoxy) is 4. The van der Waals surface area contributed by atoms with Gasteiger partial charge in [0.15, 0.2) is 29.1 Å². The summed E-state index contributed by atoms with van der Waals surface area (Å²) in [5, 5.41) is 47.0. The van der Waals surface area contributed by atoms with Gasteiger partial charge in [-0.15, -0.1) is 0 Å². The van der Waals surface area contributed by atoms with Gasteiger partial charge in [0.2, 0.25) is 0 Å². The van der Waals surface area contributed by atoms with Gasteiger partial charge in [0.25, 0.3) is 0 Å². The molecule has 0 saturated carbocycles. The van der Waals surface area contributed by atoms with Gasteiger partial charge in [-0.05, 0) is 0 Å². The first kappa shape index (κ1) is 20.9. The highest BCUT2D eigenvalue weighted by Gasteiger charge is 2.35. The van der Waals surface area contributed by atoms with E-state index in [4.69, 9.17) is 24.1 Å². The number of benzene rings is 1. The lowest BCUT2D eigenvalue weighted by atomic mass is 10.0. The van der Waals surface area contributed by atoms with E-state index in [1.807, 2.05) is 0 Å². The minimum Gasteiger partial charge on any atom is -0.493 e. The van der Waals surface area contributed by atoms with Gasteiger partial charge in [0, 0.05) is 12.1 Å². The molecule has 1 aromatic rings. The van der Waals surface area contributed by atoms with Crippen molar-refractivity contribution in [1.82, 2.24) is 0 Å². The van der Waals surface area contributed by atoms with E-state index < -0.39 is 37.0 Å². The molecule has 1 rings (SSSR count). The lowest BCUT2D eigenvalue weighted by Gasteiger charge is -2.24. The number of hydrogen-bond donors (Lipinski definition) is 5. The van der Waals surface area contributed by atoms with E-state index in [1.165, 1.54) is 33.5 Å². The topological polar surface area (TPSA) is 155 Å². The fraction of sp³-hybridized carbons (Fsp3) is 0.533. The zero-order valence-electron chi connectivity index (χ0n) is 13.9. The number of methoxy groups -OCH3 is 3. The smallest absolute Gasteiger partial charge is 0.343 e. The average Bonchev–Trinajstić information content (AvgIpc) is 2.64. The first-order chi connectivity index (χ1) is 11.8. The van der Waals surface area contributed by atoms with Gasteiger partial charge >= 0.3 is 5.97 Å². The van der Waals surface area contributed by atoms with E-state index in [-0.39, 0.29) is 17.2 Å². The van der Waals surface area contributed by atoms with Crippen LogP contribution in [0, 0.1) is 0 Å². The quantitative estimate of drug-likeness (QED) is 0.247. The molecule has 4 atom stereocenters. The molecular weight excluding hydrogens is 340 g/mol. The molecule has 142 valence electrons. The third-order valence-electron chi connectivity index (χ3n) is 3.38. The van der Waals surface area contributed by atoms with Crippen LogP contribution in [-0.2, 0) is 4.79 Å². The van der Waals surface area contributed by atoms with E-state index in [2.05, 4.69) is 0 Å². The minimum atomic E-state index is -2.19. The molecule has 1 aromatic carbocycles. The van der Waals surface area contributed by atoms with Gasteiger partial charge in [-0.25, -0.2) is 4.79 Å². The number of aliphatic hydroxyl groups is 5. The summed E-state index contributed by atoms with van der Waals surface area (Å²) >= 11 is 0. The highest BCUT2D eigenvalue weighted by atomic mass is 16.6. The Hall–Kier alpha value is -2.11. The fourth-order valence-corrected chi connectivity index (χ4v) is 1.91. The number of esters is 1. The Kier molecular flexibility index (Phi) is 7.87. The highest BCUT2D eigenvalue weighted by molar-refractivity contribution is 5.78. The zero-order chi connectivity index (χ0) is 19.1.